The number of carbonyl (C=O) groups is 1. The van der Waals surface area contributed by atoms with Gasteiger partial charge in [0, 0.05) is 18.9 Å². The van der Waals surface area contributed by atoms with Gasteiger partial charge < -0.3 is 24.3 Å². The number of hydrogen-bond acceptors (Lipinski definition) is 5. The number of rotatable bonds is 8. The number of carbonyl (C=O) groups excluding carboxylic acids is 1. The third kappa shape index (κ3) is 5.36. The summed E-state index contributed by atoms with van der Waals surface area (Å²) < 4.78 is 25.5. The molecule has 2 aliphatic carbocycles. The second-order valence-electron chi connectivity index (χ2n) is 10.4. The van der Waals surface area contributed by atoms with Crippen LogP contribution in [0.15, 0.2) is 54.6 Å². The number of aryl methyl sites for hydroxylation is 1. The maximum Gasteiger partial charge on any atom is 0.252 e. The fourth-order valence-corrected chi connectivity index (χ4v) is 5.05. The van der Waals surface area contributed by atoms with Crippen molar-refractivity contribution in [3.8, 4) is 0 Å². The molecule has 1 N–H and O–H groups in total. The van der Waals surface area contributed by atoms with Gasteiger partial charge >= 0.3 is 0 Å². The van der Waals surface area contributed by atoms with Crippen molar-refractivity contribution >= 4 is 5.91 Å². The van der Waals surface area contributed by atoms with Gasteiger partial charge in [0.05, 0.1) is 25.4 Å². The second kappa shape index (κ2) is 9.42. The molecule has 3 aliphatic rings. The van der Waals surface area contributed by atoms with Crippen LogP contribution in [0.25, 0.3) is 0 Å². The first-order valence-corrected chi connectivity index (χ1v) is 12.3. The molecule has 3 fully saturated rings. The second-order valence-corrected chi connectivity index (χ2v) is 10.4. The average molecular weight is 466 g/mol. The largest absolute Gasteiger partial charge is 0.371 e. The lowest BCUT2D eigenvalue weighted by atomic mass is 9.78. The van der Waals surface area contributed by atoms with Gasteiger partial charge in [-0.05, 0) is 44.7 Å². The average Bonchev–Trinajstić information content (AvgIpc) is 3.56. The van der Waals surface area contributed by atoms with Gasteiger partial charge in [0.2, 0.25) is 0 Å². The zero-order valence-corrected chi connectivity index (χ0v) is 20.3. The van der Waals surface area contributed by atoms with Crippen LogP contribution in [0.4, 0.5) is 0 Å². The zero-order valence-electron chi connectivity index (χ0n) is 20.3. The van der Waals surface area contributed by atoms with Crippen LogP contribution >= 0.6 is 0 Å². The molecular weight excluding hydrogens is 430 g/mol. The van der Waals surface area contributed by atoms with Crippen LogP contribution in [-0.2, 0) is 37.0 Å². The Bertz CT molecular complexity index is 1000. The van der Waals surface area contributed by atoms with Crippen LogP contribution < -0.4 is 5.32 Å². The lowest BCUT2D eigenvalue weighted by Crippen LogP contribution is -2.60. The molecule has 6 heteroatoms. The normalized spacial score (nSPS) is 30.0. The minimum absolute atomic E-state index is 0.0669. The maximum absolute atomic E-state index is 13.6. The molecule has 1 aliphatic heterocycles. The first-order valence-electron chi connectivity index (χ1n) is 12.3. The number of ether oxygens (including phenoxy) is 4. The summed E-state index contributed by atoms with van der Waals surface area (Å²) in [7, 11) is 0. The Morgan fingerprint density at radius 1 is 1.00 bits per heavy atom. The SMILES string of the molecule is Cc1cccc(CO[C@]2(C(=O)NC3CC3)C[C@H](OCc3ccccc3)[C@@H]3OC(C)(C)O[C@@H]3C2)c1. The summed E-state index contributed by atoms with van der Waals surface area (Å²) in [5.74, 6) is -0.800. The van der Waals surface area contributed by atoms with Crippen LogP contribution in [0.3, 0.4) is 0 Å². The van der Waals surface area contributed by atoms with E-state index in [-0.39, 0.29) is 30.3 Å². The number of fused-ring (bicyclic) bond motifs is 1. The van der Waals surface area contributed by atoms with Gasteiger partial charge in [-0.3, -0.25) is 4.79 Å². The van der Waals surface area contributed by atoms with E-state index >= 15 is 0 Å². The Balaban J connectivity index is 1.40. The van der Waals surface area contributed by atoms with Crippen molar-refractivity contribution in [2.45, 2.75) is 95.4 Å². The fourth-order valence-electron chi connectivity index (χ4n) is 5.05. The van der Waals surface area contributed by atoms with Crippen molar-refractivity contribution in [3.05, 3.63) is 71.3 Å². The molecule has 0 spiro atoms. The van der Waals surface area contributed by atoms with E-state index in [2.05, 4.69) is 24.4 Å². The monoisotopic (exact) mass is 465 g/mol. The van der Waals surface area contributed by atoms with Gasteiger partial charge in [0.15, 0.2) is 11.4 Å². The molecular formula is C28H35NO5. The summed E-state index contributed by atoms with van der Waals surface area (Å²) in [4.78, 5) is 13.6. The van der Waals surface area contributed by atoms with Crippen LogP contribution in [0.5, 0.6) is 0 Å². The van der Waals surface area contributed by atoms with E-state index in [0.29, 0.717) is 26.1 Å². The smallest absolute Gasteiger partial charge is 0.252 e. The van der Waals surface area contributed by atoms with Crippen molar-refractivity contribution < 1.29 is 23.7 Å². The minimum Gasteiger partial charge on any atom is -0.371 e. The van der Waals surface area contributed by atoms with Gasteiger partial charge in [-0.15, -0.1) is 0 Å². The van der Waals surface area contributed by atoms with Gasteiger partial charge in [-0.2, -0.15) is 0 Å². The Hall–Kier alpha value is -2.25. The molecule has 1 saturated heterocycles. The predicted molar refractivity (Wildman–Crippen MR) is 128 cm³/mol. The molecule has 0 bridgehead atoms. The quantitative estimate of drug-likeness (QED) is 0.625. The molecule has 2 aromatic carbocycles. The number of hydrogen-bond donors (Lipinski definition) is 1. The van der Waals surface area contributed by atoms with Crippen molar-refractivity contribution in [2.75, 3.05) is 0 Å². The molecule has 34 heavy (non-hydrogen) atoms. The summed E-state index contributed by atoms with van der Waals surface area (Å²) in [6.45, 7) is 6.69. The molecule has 2 aromatic rings. The summed E-state index contributed by atoms with van der Waals surface area (Å²) in [6, 6.07) is 18.5. The topological polar surface area (TPSA) is 66.0 Å². The molecule has 1 heterocycles. The van der Waals surface area contributed by atoms with Crippen LogP contribution in [0, 0.1) is 6.92 Å². The lowest BCUT2D eigenvalue weighted by Gasteiger charge is -2.43. The molecule has 4 atom stereocenters. The molecule has 2 saturated carbocycles. The van der Waals surface area contributed by atoms with E-state index in [4.69, 9.17) is 18.9 Å². The molecule has 0 radical (unpaired) electrons. The predicted octanol–water partition coefficient (Wildman–Crippen LogP) is 4.43. The lowest BCUT2D eigenvalue weighted by molar-refractivity contribution is -0.183. The van der Waals surface area contributed by atoms with Crippen LogP contribution in [0.1, 0.15) is 56.2 Å². The summed E-state index contributed by atoms with van der Waals surface area (Å²) in [5.41, 5.74) is 2.25. The Kier molecular flexibility index (Phi) is 6.51. The molecule has 182 valence electrons. The minimum atomic E-state index is -1.04. The van der Waals surface area contributed by atoms with E-state index < -0.39 is 11.4 Å². The molecule has 5 rings (SSSR count). The Morgan fingerprint density at radius 3 is 2.50 bits per heavy atom. The molecule has 6 nitrogen and oxygen atoms in total. The number of amides is 1. The van der Waals surface area contributed by atoms with Gasteiger partial charge in [0.1, 0.15) is 6.10 Å². The standard InChI is InChI=1S/C28H35NO5/c1-19-8-7-11-21(14-19)18-32-28(26(30)29-22-12-13-22)15-23(31-17-20-9-5-4-6-10-20)25-24(16-28)33-27(2,3)34-25/h4-11,14,22-25H,12-13,15-18H2,1-3H3,(H,29,30)/t23-,24+,25-,28+/m0/s1. The highest BCUT2D eigenvalue weighted by atomic mass is 16.8. The number of nitrogens with one attached hydrogen (secondary N) is 1. The van der Waals surface area contributed by atoms with Gasteiger partial charge in [-0.25, -0.2) is 0 Å². The summed E-state index contributed by atoms with van der Waals surface area (Å²) >= 11 is 0. The Morgan fingerprint density at radius 2 is 1.76 bits per heavy atom. The first kappa shape index (κ1) is 23.5. The molecule has 1 amide bonds. The molecule has 0 unspecified atom stereocenters. The van der Waals surface area contributed by atoms with Crippen LogP contribution in [-0.4, -0.2) is 41.6 Å². The highest BCUT2D eigenvalue weighted by Crippen LogP contribution is 2.44. The van der Waals surface area contributed by atoms with Crippen molar-refractivity contribution in [1.82, 2.24) is 5.32 Å². The number of benzene rings is 2. The van der Waals surface area contributed by atoms with E-state index in [9.17, 15) is 4.79 Å². The first-order chi connectivity index (χ1) is 16.3. The van der Waals surface area contributed by atoms with E-state index in [1.807, 2.05) is 56.3 Å². The van der Waals surface area contributed by atoms with E-state index in [1.54, 1.807) is 0 Å². The maximum atomic E-state index is 13.6. The third-order valence-electron chi connectivity index (χ3n) is 6.88. The van der Waals surface area contributed by atoms with Gasteiger partial charge in [-0.1, -0.05) is 60.2 Å². The van der Waals surface area contributed by atoms with Crippen molar-refractivity contribution in [1.29, 1.82) is 0 Å². The molecule has 0 aromatic heterocycles. The fraction of sp³-hybridized carbons (Fsp3) is 0.536. The zero-order chi connectivity index (χ0) is 23.8. The highest BCUT2D eigenvalue weighted by Gasteiger charge is 2.58. The van der Waals surface area contributed by atoms with Crippen molar-refractivity contribution in [2.24, 2.45) is 0 Å². The highest BCUT2D eigenvalue weighted by molar-refractivity contribution is 5.86. The summed E-state index contributed by atoms with van der Waals surface area (Å²) in [5, 5.41) is 3.19. The third-order valence-corrected chi connectivity index (χ3v) is 6.88. The Labute approximate surface area is 201 Å². The summed E-state index contributed by atoms with van der Waals surface area (Å²) in [6.07, 6.45) is 2.04. The van der Waals surface area contributed by atoms with E-state index in [0.717, 1.165) is 24.0 Å². The van der Waals surface area contributed by atoms with Gasteiger partial charge in [0.25, 0.3) is 5.91 Å². The van der Waals surface area contributed by atoms with Crippen molar-refractivity contribution in [3.63, 3.8) is 0 Å². The van der Waals surface area contributed by atoms with Crippen LogP contribution in [0.2, 0.25) is 0 Å². The van der Waals surface area contributed by atoms with E-state index in [1.165, 1.54) is 5.56 Å².